The molecule has 3 heterocycles. The van der Waals surface area contributed by atoms with Crippen LogP contribution < -0.4 is 5.32 Å². The summed E-state index contributed by atoms with van der Waals surface area (Å²) in [5.74, 6) is 2.43. The second-order valence-corrected chi connectivity index (χ2v) is 7.85. The molecular formula is C18H27N7O2. The lowest BCUT2D eigenvalue weighted by molar-refractivity contribution is 0.0959. The molecular weight excluding hydrogens is 346 g/mol. The Balaban J connectivity index is 1.43. The molecule has 2 aliphatic rings. The number of carbonyl (C=O) groups is 1. The monoisotopic (exact) mass is 373 g/mol. The molecule has 146 valence electrons. The molecule has 2 aromatic rings. The van der Waals surface area contributed by atoms with Gasteiger partial charge in [0.1, 0.15) is 6.04 Å². The minimum atomic E-state index is -0.150. The summed E-state index contributed by atoms with van der Waals surface area (Å²) in [4.78, 5) is 21.3. The van der Waals surface area contributed by atoms with Gasteiger partial charge in [0.15, 0.2) is 11.6 Å². The van der Waals surface area contributed by atoms with Crippen LogP contribution in [0.4, 0.5) is 10.6 Å². The zero-order chi connectivity index (χ0) is 19.1. The molecule has 2 amide bonds. The second kappa shape index (κ2) is 6.95. The maximum atomic E-state index is 12.7. The standard InChI is InChI=1S/C18H27N7O2/c1-11(2)25-12(3)9-15(21-25)19-18(26)24-8-7-23(4)14(10-24)17-20-16(22-27-17)13-5-6-13/h9,11,13-14H,5-8,10H2,1-4H3,(H,19,21,26). The Morgan fingerprint density at radius 2 is 2.11 bits per heavy atom. The fraction of sp³-hybridized carbons (Fsp3) is 0.667. The van der Waals surface area contributed by atoms with E-state index in [1.54, 1.807) is 4.90 Å². The van der Waals surface area contributed by atoms with Crippen LogP contribution in [0, 0.1) is 6.92 Å². The maximum absolute atomic E-state index is 12.7. The number of likely N-dealkylation sites (N-methyl/N-ethyl adjacent to an activating group) is 1. The molecule has 1 atom stereocenters. The summed E-state index contributed by atoms with van der Waals surface area (Å²) < 4.78 is 7.39. The van der Waals surface area contributed by atoms with Gasteiger partial charge in [0.25, 0.3) is 0 Å². The number of amides is 2. The van der Waals surface area contributed by atoms with Crippen molar-refractivity contribution in [2.75, 3.05) is 32.0 Å². The molecule has 9 heteroatoms. The van der Waals surface area contributed by atoms with Crippen LogP contribution in [-0.2, 0) is 0 Å². The Morgan fingerprint density at radius 1 is 1.33 bits per heavy atom. The number of hydrogen-bond acceptors (Lipinski definition) is 6. The van der Waals surface area contributed by atoms with Crippen molar-refractivity contribution < 1.29 is 9.32 Å². The number of nitrogens with one attached hydrogen (secondary N) is 1. The van der Waals surface area contributed by atoms with Gasteiger partial charge >= 0.3 is 6.03 Å². The largest absolute Gasteiger partial charge is 0.338 e. The van der Waals surface area contributed by atoms with E-state index in [4.69, 9.17) is 4.52 Å². The van der Waals surface area contributed by atoms with E-state index in [1.165, 1.54) is 0 Å². The summed E-state index contributed by atoms with van der Waals surface area (Å²) in [6, 6.07) is 1.91. The highest BCUT2D eigenvalue weighted by Gasteiger charge is 2.35. The first-order valence-corrected chi connectivity index (χ1v) is 9.58. The van der Waals surface area contributed by atoms with Gasteiger partial charge in [-0.2, -0.15) is 10.1 Å². The molecule has 27 heavy (non-hydrogen) atoms. The molecule has 0 spiro atoms. The van der Waals surface area contributed by atoms with Crippen LogP contribution in [0.2, 0.25) is 0 Å². The molecule has 4 rings (SSSR count). The van der Waals surface area contributed by atoms with Gasteiger partial charge in [0.2, 0.25) is 5.89 Å². The minimum absolute atomic E-state index is 0.0838. The summed E-state index contributed by atoms with van der Waals surface area (Å²) >= 11 is 0. The van der Waals surface area contributed by atoms with E-state index in [1.807, 2.05) is 24.7 Å². The molecule has 1 unspecified atom stereocenters. The van der Waals surface area contributed by atoms with Crippen molar-refractivity contribution >= 4 is 11.8 Å². The van der Waals surface area contributed by atoms with Crippen LogP contribution in [0.5, 0.6) is 0 Å². The van der Waals surface area contributed by atoms with Gasteiger partial charge < -0.3 is 9.42 Å². The fourth-order valence-corrected chi connectivity index (χ4v) is 3.47. The van der Waals surface area contributed by atoms with Gasteiger partial charge in [-0.05, 0) is 40.7 Å². The molecule has 2 aromatic heterocycles. The SMILES string of the molecule is Cc1cc(NC(=O)N2CCN(C)C(c3nc(C4CC4)no3)C2)nn1C(C)C. The third-order valence-electron chi connectivity index (χ3n) is 5.27. The summed E-state index contributed by atoms with van der Waals surface area (Å²) in [7, 11) is 2.02. The number of aromatic nitrogens is 4. The number of urea groups is 1. The third kappa shape index (κ3) is 3.69. The smallest absolute Gasteiger partial charge is 0.323 e. The van der Waals surface area contributed by atoms with Crippen LogP contribution in [0.25, 0.3) is 0 Å². The average molecular weight is 373 g/mol. The molecule has 0 bridgehead atoms. The van der Waals surface area contributed by atoms with Crippen LogP contribution >= 0.6 is 0 Å². The highest BCUT2D eigenvalue weighted by molar-refractivity contribution is 5.88. The number of aryl methyl sites for hydroxylation is 1. The predicted octanol–water partition coefficient (Wildman–Crippen LogP) is 2.55. The number of carbonyl (C=O) groups excluding carboxylic acids is 1. The minimum Gasteiger partial charge on any atom is -0.338 e. The Kier molecular flexibility index (Phi) is 4.63. The maximum Gasteiger partial charge on any atom is 0.323 e. The number of hydrogen-bond donors (Lipinski definition) is 1. The Hall–Kier alpha value is -2.42. The van der Waals surface area contributed by atoms with Gasteiger partial charge in [-0.1, -0.05) is 5.16 Å². The summed E-state index contributed by atoms with van der Waals surface area (Å²) in [6.07, 6.45) is 2.27. The van der Waals surface area contributed by atoms with Gasteiger partial charge in [0, 0.05) is 43.4 Å². The molecule has 1 aliphatic heterocycles. The van der Waals surface area contributed by atoms with Gasteiger partial charge in [-0.3, -0.25) is 14.9 Å². The topological polar surface area (TPSA) is 92.3 Å². The first kappa shape index (κ1) is 18.0. The zero-order valence-corrected chi connectivity index (χ0v) is 16.3. The van der Waals surface area contributed by atoms with Crippen molar-refractivity contribution in [2.45, 2.75) is 51.6 Å². The first-order chi connectivity index (χ1) is 12.9. The zero-order valence-electron chi connectivity index (χ0n) is 16.3. The van der Waals surface area contributed by atoms with E-state index in [9.17, 15) is 4.79 Å². The van der Waals surface area contributed by atoms with Gasteiger partial charge in [0.05, 0.1) is 0 Å². The van der Waals surface area contributed by atoms with Crippen LogP contribution in [0.1, 0.15) is 62.1 Å². The molecule has 1 aliphatic carbocycles. The van der Waals surface area contributed by atoms with E-state index >= 15 is 0 Å². The number of nitrogens with zero attached hydrogens (tertiary/aromatic N) is 6. The van der Waals surface area contributed by atoms with Crippen molar-refractivity contribution in [1.82, 2.24) is 29.7 Å². The highest BCUT2D eigenvalue weighted by atomic mass is 16.5. The molecule has 1 N–H and O–H groups in total. The third-order valence-corrected chi connectivity index (χ3v) is 5.27. The Bertz CT molecular complexity index is 824. The van der Waals surface area contributed by atoms with E-state index in [2.05, 4.69) is 39.3 Å². The number of piperazine rings is 1. The lowest BCUT2D eigenvalue weighted by Gasteiger charge is -2.37. The van der Waals surface area contributed by atoms with Crippen LogP contribution in [0.3, 0.4) is 0 Å². The first-order valence-electron chi connectivity index (χ1n) is 9.58. The molecule has 0 aromatic carbocycles. The van der Waals surface area contributed by atoms with E-state index in [0.717, 1.165) is 30.9 Å². The van der Waals surface area contributed by atoms with Crippen molar-refractivity contribution in [2.24, 2.45) is 0 Å². The van der Waals surface area contributed by atoms with Crippen molar-refractivity contribution in [1.29, 1.82) is 0 Å². The Labute approximate surface area is 158 Å². The quantitative estimate of drug-likeness (QED) is 0.885. The lowest BCUT2D eigenvalue weighted by Crippen LogP contribution is -2.50. The average Bonchev–Trinajstić information content (AvgIpc) is 3.24. The summed E-state index contributed by atoms with van der Waals surface area (Å²) in [5.41, 5.74) is 1.02. The summed E-state index contributed by atoms with van der Waals surface area (Å²) in [5, 5.41) is 11.5. The second-order valence-electron chi connectivity index (χ2n) is 7.85. The molecule has 9 nitrogen and oxygen atoms in total. The fourth-order valence-electron chi connectivity index (χ4n) is 3.47. The van der Waals surface area contributed by atoms with Gasteiger partial charge in [-0.15, -0.1) is 0 Å². The van der Waals surface area contributed by atoms with Crippen molar-refractivity contribution in [3.63, 3.8) is 0 Å². The number of rotatable bonds is 4. The van der Waals surface area contributed by atoms with E-state index in [0.29, 0.717) is 30.7 Å². The number of anilines is 1. The van der Waals surface area contributed by atoms with Crippen LogP contribution in [-0.4, -0.2) is 62.4 Å². The predicted molar refractivity (Wildman–Crippen MR) is 99.6 cm³/mol. The lowest BCUT2D eigenvalue weighted by atomic mass is 10.2. The van der Waals surface area contributed by atoms with Gasteiger partial charge in [-0.25, -0.2) is 4.79 Å². The van der Waals surface area contributed by atoms with E-state index in [-0.39, 0.29) is 18.1 Å². The van der Waals surface area contributed by atoms with E-state index < -0.39 is 0 Å². The molecule has 2 fully saturated rings. The van der Waals surface area contributed by atoms with Crippen molar-refractivity contribution in [3.05, 3.63) is 23.5 Å². The Morgan fingerprint density at radius 3 is 2.78 bits per heavy atom. The van der Waals surface area contributed by atoms with Crippen LogP contribution in [0.15, 0.2) is 10.6 Å². The highest BCUT2D eigenvalue weighted by Crippen LogP contribution is 2.38. The van der Waals surface area contributed by atoms with Crippen molar-refractivity contribution in [3.8, 4) is 0 Å². The molecule has 1 saturated heterocycles. The molecule has 1 saturated carbocycles. The molecule has 0 radical (unpaired) electrons. The normalized spacial score (nSPS) is 21.1. The summed E-state index contributed by atoms with van der Waals surface area (Å²) in [6.45, 7) is 8.03.